The van der Waals surface area contributed by atoms with Gasteiger partial charge in [0.25, 0.3) is 0 Å². The second-order valence-corrected chi connectivity index (χ2v) is 5.72. The first-order valence-electron chi connectivity index (χ1n) is 5.57. The van der Waals surface area contributed by atoms with Crippen molar-refractivity contribution in [2.75, 3.05) is 0 Å². The fourth-order valence-corrected chi connectivity index (χ4v) is 2.65. The summed E-state index contributed by atoms with van der Waals surface area (Å²) in [4.78, 5) is 10.9. The minimum atomic E-state index is -1.09. The molecule has 0 aliphatic heterocycles. The Labute approximate surface area is 134 Å². The van der Waals surface area contributed by atoms with E-state index in [1.807, 2.05) is 24.3 Å². The topological polar surface area (TPSA) is 46.5 Å². The molecule has 0 amide bonds. The van der Waals surface area contributed by atoms with E-state index in [-0.39, 0.29) is 28.0 Å². The third-order valence-electron chi connectivity index (χ3n) is 2.52. The summed E-state index contributed by atoms with van der Waals surface area (Å²) in [5.74, 6) is -0.814. The monoisotopic (exact) mass is 374 g/mol. The minimum Gasteiger partial charge on any atom is -0.486 e. The Morgan fingerprint density at radius 1 is 1.20 bits per heavy atom. The van der Waals surface area contributed by atoms with Crippen LogP contribution in [0.5, 0.6) is 5.75 Å². The molecule has 0 aliphatic rings. The average Bonchev–Trinajstić information content (AvgIpc) is 2.37. The predicted molar refractivity (Wildman–Crippen MR) is 81.9 cm³/mol. The molecule has 104 valence electrons. The van der Waals surface area contributed by atoms with Gasteiger partial charge in [-0.15, -0.1) is 0 Å². The molecule has 1 N–H and O–H groups in total. The Kier molecular flexibility index (Phi) is 4.91. The van der Waals surface area contributed by atoms with Crippen molar-refractivity contribution in [3.05, 3.63) is 62.0 Å². The fraction of sp³-hybridized carbons (Fsp3) is 0.0714. The van der Waals surface area contributed by atoms with Crippen LogP contribution in [0.2, 0.25) is 10.0 Å². The summed E-state index contributed by atoms with van der Waals surface area (Å²) in [5, 5.41) is 9.24. The van der Waals surface area contributed by atoms with Crippen LogP contribution in [0.4, 0.5) is 0 Å². The molecule has 0 aromatic heterocycles. The van der Waals surface area contributed by atoms with Gasteiger partial charge in [-0.05, 0) is 29.8 Å². The first-order valence-corrected chi connectivity index (χ1v) is 7.12. The molecule has 0 fully saturated rings. The second-order valence-electron chi connectivity index (χ2n) is 3.99. The molecule has 0 aliphatic carbocycles. The number of benzene rings is 2. The second kappa shape index (κ2) is 6.48. The van der Waals surface area contributed by atoms with E-state index in [2.05, 4.69) is 15.9 Å². The van der Waals surface area contributed by atoms with Crippen molar-refractivity contribution < 1.29 is 14.6 Å². The van der Waals surface area contributed by atoms with E-state index >= 15 is 0 Å². The Bertz CT molecular complexity index is 636. The standard InChI is InChI=1S/C14H9BrCl2O3/c15-10-3-1-2-8(4-10)7-20-13-11(16)5-9(14(18)19)6-12(13)17/h1-6H,7H2,(H,18,19). The Hall–Kier alpha value is -1.23. The first kappa shape index (κ1) is 15.2. The van der Waals surface area contributed by atoms with Gasteiger partial charge in [0.1, 0.15) is 6.61 Å². The van der Waals surface area contributed by atoms with Crippen LogP contribution in [0.15, 0.2) is 40.9 Å². The van der Waals surface area contributed by atoms with Crippen LogP contribution in [0.25, 0.3) is 0 Å². The number of halogens is 3. The van der Waals surface area contributed by atoms with E-state index in [0.29, 0.717) is 0 Å². The van der Waals surface area contributed by atoms with Gasteiger partial charge in [0.15, 0.2) is 5.75 Å². The molecule has 2 aromatic carbocycles. The van der Waals surface area contributed by atoms with Crippen molar-refractivity contribution in [2.45, 2.75) is 6.61 Å². The number of hydrogen-bond acceptors (Lipinski definition) is 2. The van der Waals surface area contributed by atoms with E-state index in [9.17, 15) is 4.79 Å². The zero-order valence-electron chi connectivity index (χ0n) is 10.1. The Balaban J connectivity index is 2.20. The Morgan fingerprint density at radius 3 is 2.40 bits per heavy atom. The molecule has 0 unspecified atom stereocenters. The summed E-state index contributed by atoms with van der Waals surface area (Å²) in [5.41, 5.74) is 0.962. The summed E-state index contributed by atoms with van der Waals surface area (Å²) in [6.45, 7) is 0.283. The lowest BCUT2D eigenvalue weighted by Gasteiger charge is -2.11. The van der Waals surface area contributed by atoms with Crippen LogP contribution in [0.3, 0.4) is 0 Å². The highest BCUT2D eigenvalue weighted by Crippen LogP contribution is 2.34. The molecule has 2 aromatic rings. The van der Waals surface area contributed by atoms with Crippen LogP contribution < -0.4 is 4.74 Å². The van der Waals surface area contributed by atoms with Crippen LogP contribution in [-0.4, -0.2) is 11.1 Å². The van der Waals surface area contributed by atoms with Crippen molar-refractivity contribution in [2.24, 2.45) is 0 Å². The molecule has 6 heteroatoms. The van der Waals surface area contributed by atoms with Crippen molar-refractivity contribution in [1.82, 2.24) is 0 Å². The van der Waals surface area contributed by atoms with Gasteiger partial charge in [0, 0.05) is 4.47 Å². The van der Waals surface area contributed by atoms with Crippen LogP contribution in [0.1, 0.15) is 15.9 Å². The van der Waals surface area contributed by atoms with Gasteiger partial charge in [-0.25, -0.2) is 4.79 Å². The van der Waals surface area contributed by atoms with Crippen molar-refractivity contribution in [3.63, 3.8) is 0 Å². The molecular weight excluding hydrogens is 367 g/mol. The number of ether oxygens (including phenoxy) is 1. The summed E-state index contributed by atoms with van der Waals surface area (Å²) >= 11 is 15.4. The summed E-state index contributed by atoms with van der Waals surface area (Å²) in [7, 11) is 0. The van der Waals surface area contributed by atoms with Crippen LogP contribution >= 0.6 is 39.1 Å². The quantitative estimate of drug-likeness (QED) is 0.814. The SMILES string of the molecule is O=C(O)c1cc(Cl)c(OCc2cccc(Br)c2)c(Cl)c1. The largest absolute Gasteiger partial charge is 0.486 e. The fourth-order valence-electron chi connectivity index (χ4n) is 1.60. The van der Waals surface area contributed by atoms with E-state index < -0.39 is 5.97 Å². The summed E-state index contributed by atoms with van der Waals surface area (Å²) in [6.07, 6.45) is 0. The third-order valence-corrected chi connectivity index (χ3v) is 3.57. The summed E-state index contributed by atoms with van der Waals surface area (Å²) in [6, 6.07) is 10.2. The number of aromatic carboxylic acids is 1. The van der Waals surface area contributed by atoms with Crippen LogP contribution in [0, 0.1) is 0 Å². The molecule has 20 heavy (non-hydrogen) atoms. The van der Waals surface area contributed by atoms with E-state index in [1.54, 1.807) is 0 Å². The highest BCUT2D eigenvalue weighted by atomic mass is 79.9. The summed E-state index contributed by atoms with van der Waals surface area (Å²) < 4.78 is 6.51. The smallest absolute Gasteiger partial charge is 0.335 e. The number of rotatable bonds is 4. The van der Waals surface area contributed by atoms with Crippen molar-refractivity contribution in [1.29, 1.82) is 0 Å². The lowest BCUT2D eigenvalue weighted by molar-refractivity contribution is 0.0697. The maximum atomic E-state index is 10.9. The van der Waals surface area contributed by atoms with Gasteiger partial charge >= 0.3 is 5.97 Å². The van der Waals surface area contributed by atoms with Gasteiger partial charge < -0.3 is 9.84 Å². The lowest BCUT2D eigenvalue weighted by atomic mass is 10.2. The molecule has 0 spiro atoms. The molecular formula is C14H9BrCl2O3. The van der Waals surface area contributed by atoms with E-state index in [0.717, 1.165) is 10.0 Å². The molecule has 0 saturated heterocycles. The van der Waals surface area contributed by atoms with E-state index in [4.69, 9.17) is 33.0 Å². The van der Waals surface area contributed by atoms with Crippen molar-refractivity contribution in [3.8, 4) is 5.75 Å². The van der Waals surface area contributed by atoms with E-state index in [1.165, 1.54) is 12.1 Å². The minimum absolute atomic E-state index is 0.0230. The molecule has 0 atom stereocenters. The number of hydrogen-bond donors (Lipinski definition) is 1. The van der Waals surface area contributed by atoms with Crippen LogP contribution in [-0.2, 0) is 6.61 Å². The highest BCUT2D eigenvalue weighted by Gasteiger charge is 2.13. The molecule has 0 saturated carbocycles. The number of carbonyl (C=O) groups is 1. The lowest BCUT2D eigenvalue weighted by Crippen LogP contribution is -2.00. The maximum absolute atomic E-state index is 10.9. The Morgan fingerprint density at radius 2 is 1.85 bits per heavy atom. The highest BCUT2D eigenvalue weighted by molar-refractivity contribution is 9.10. The average molecular weight is 376 g/mol. The third kappa shape index (κ3) is 3.66. The zero-order chi connectivity index (χ0) is 14.7. The zero-order valence-corrected chi connectivity index (χ0v) is 13.2. The van der Waals surface area contributed by atoms with Gasteiger partial charge in [0.05, 0.1) is 15.6 Å². The van der Waals surface area contributed by atoms with Gasteiger partial charge in [-0.3, -0.25) is 0 Å². The van der Waals surface area contributed by atoms with Crippen molar-refractivity contribution >= 4 is 45.1 Å². The molecule has 0 heterocycles. The van der Waals surface area contributed by atoms with Gasteiger partial charge in [-0.2, -0.15) is 0 Å². The van der Waals surface area contributed by atoms with Gasteiger partial charge in [-0.1, -0.05) is 51.3 Å². The number of carboxylic acid groups (broad SMARTS) is 1. The van der Waals surface area contributed by atoms with Gasteiger partial charge in [0.2, 0.25) is 0 Å². The maximum Gasteiger partial charge on any atom is 0.335 e. The predicted octanol–water partition coefficient (Wildman–Crippen LogP) is 5.03. The number of carboxylic acids is 1. The normalized spacial score (nSPS) is 10.3. The molecule has 0 bridgehead atoms. The molecule has 2 rings (SSSR count). The molecule has 0 radical (unpaired) electrons. The molecule has 3 nitrogen and oxygen atoms in total. The first-order chi connectivity index (χ1) is 9.47.